The standard InChI is InChI=1S/C22H32N2O2/c1-2-3-7-19-8-4-9-21(26-19)16-10-11-20-17(13-16)15-24(22(20)25)18-6-5-12-23-14-18/h10-11,13,18-19,21,23H,2-9,12,14-15H2,1H3. The van der Waals surface area contributed by atoms with Crippen LogP contribution < -0.4 is 5.32 Å². The molecule has 0 radical (unpaired) electrons. The summed E-state index contributed by atoms with van der Waals surface area (Å²) in [6.45, 7) is 5.01. The highest BCUT2D eigenvalue weighted by molar-refractivity contribution is 5.98. The van der Waals surface area contributed by atoms with Crippen LogP contribution in [-0.4, -0.2) is 36.0 Å². The van der Waals surface area contributed by atoms with E-state index in [9.17, 15) is 4.79 Å². The fourth-order valence-corrected chi connectivity index (χ4v) is 4.75. The lowest BCUT2D eigenvalue weighted by Gasteiger charge is -2.31. The predicted octanol–water partition coefficient (Wildman–Crippen LogP) is 4.19. The topological polar surface area (TPSA) is 41.6 Å². The Balaban J connectivity index is 1.46. The molecule has 3 heterocycles. The average molecular weight is 357 g/mol. The second-order valence-corrected chi connectivity index (χ2v) is 8.17. The van der Waals surface area contributed by atoms with Gasteiger partial charge in [0, 0.05) is 24.7 Å². The molecule has 1 amide bonds. The summed E-state index contributed by atoms with van der Waals surface area (Å²) in [5, 5.41) is 3.43. The Morgan fingerprint density at radius 1 is 1.23 bits per heavy atom. The number of carbonyl (C=O) groups excluding carboxylic acids is 1. The van der Waals surface area contributed by atoms with Crippen molar-refractivity contribution in [3.05, 3.63) is 34.9 Å². The van der Waals surface area contributed by atoms with Crippen LogP contribution in [-0.2, 0) is 11.3 Å². The van der Waals surface area contributed by atoms with Crippen molar-refractivity contribution in [2.24, 2.45) is 0 Å². The first-order valence-electron chi connectivity index (χ1n) is 10.6. The Hall–Kier alpha value is -1.39. The zero-order valence-electron chi connectivity index (χ0n) is 16.0. The molecule has 0 aromatic heterocycles. The Bertz CT molecular complexity index is 639. The van der Waals surface area contributed by atoms with Crippen LogP contribution in [0.2, 0.25) is 0 Å². The predicted molar refractivity (Wildman–Crippen MR) is 103 cm³/mol. The molecule has 4 nitrogen and oxygen atoms in total. The number of unbranched alkanes of at least 4 members (excludes halogenated alkanes) is 1. The Morgan fingerprint density at radius 2 is 2.15 bits per heavy atom. The molecule has 1 aromatic rings. The summed E-state index contributed by atoms with van der Waals surface area (Å²) >= 11 is 0. The van der Waals surface area contributed by atoms with Gasteiger partial charge in [-0.15, -0.1) is 0 Å². The number of hydrogen-bond acceptors (Lipinski definition) is 3. The molecule has 3 unspecified atom stereocenters. The summed E-state index contributed by atoms with van der Waals surface area (Å²) in [5.74, 6) is 0.214. The van der Waals surface area contributed by atoms with Crippen LogP contribution in [0.5, 0.6) is 0 Å². The van der Waals surface area contributed by atoms with Gasteiger partial charge in [0.2, 0.25) is 0 Å². The van der Waals surface area contributed by atoms with Gasteiger partial charge < -0.3 is 15.0 Å². The monoisotopic (exact) mass is 356 g/mol. The van der Waals surface area contributed by atoms with E-state index < -0.39 is 0 Å². The fraction of sp³-hybridized carbons (Fsp3) is 0.682. The minimum atomic E-state index is 0.205. The first-order valence-corrected chi connectivity index (χ1v) is 10.6. The lowest BCUT2D eigenvalue weighted by molar-refractivity contribution is -0.0556. The second-order valence-electron chi connectivity index (χ2n) is 8.17. The third-order valence-corrected chi connectivity index (χ3v) is 6.27. The van der Waals surface area contributed by atoms with Crippen LogP contribution in [0.3, 0.4) is 0 Å². The molecule has 0 bridgehead atoms. The molecule has 26 heavy (non-hydrogen) atoms. The smallest absolute Gasteiger partial charge is 0.254 e. The van der Waals surface area contributed by atoms with Gasteiger partial charge in [0.1, 0.15) is 0 Å². The Labute approximate surface area is 157 Å². The highest BCUT2D eigenvalue weighted by atomic mass is 16.5. The highest BCUT2D eigenvalue weighted by Crippen LogP contribution is 2.35. The molecule has 142 valence electrons. The number of nitrogens with zero attached hydrogens (tertiary/aromatic N) is 1. The van der Waals surface area contributed by atoms with Crippen molar-refractivity contribution in [3.63, 3.8) is 0 Å². The van der Waals surface area contributed by atoms with Crippen LogP contribution in [0.15, 0.2) is 18.2 Å². The molecule has 3 atom stereocenters. The fourth-order valence-electron chi connectivity index (χ4n) is 4.75. The normalized spacial score (nSPS) is 29.0. The molecule has 4 rings (SSSR count). The molecule has 1 aromatic carbocycles. The largest absolute Gasteiger partial charge is 0.370 e. The van der Waals surface area contributed by atoms with Crippen LogP contribution >= 0.6 is 0 Å². The summed E-state index contributed by atoms with van der Waals surface area (Å²) in [5.41, 5.74) is 3.36. The molecule has 2 saturated heterocycles. The molecular formula is C22H32N2O2. The van der Waals surface area contributed by atoms with E-state index in [1.54, 1.807) is 0 Å². The third kappa shape index (κ3) is 3.67. The van der Waals surface area contributed by atoms with Gasteiger partial charge in [-0.2, -0.15) is 0 Å². The van der Waals surface area contributed by atoms with E-state index in [1.165, 1.54) is 43.2 Å². The maximum absolute atomic E-state index is 12.8. The van der Waals surface area contributed by atoms with Gasteiger partial charge in [-0.1, -0.05) is 31.9 Å². The van der Waals surface area contributed by atoms with E-state index >= 15 is 0 Å². The molecule has 2 fully saturated rings. The van der Waals surface area contributed by atoms with E-state index in [-0.39, 0.29) is 12.0 Å². The molecular weight excluding hydrogens is 324 g/mol. The summed E-state index contributed by atoms with van der Waals surface area (Å²) in [7, 11) is 0. The van der Waals surface area contributed by atoms with E-state index in [4.69, 9.17) is 4.74 Å². The van der Waals surface area contributed by atoms with E-state index in [1.807, 2.05) is 6.07 Å². The zero-order valence-corrected chi connectivity index (χ0v) is 16.0. The minimum absolute atomic E-state index is 0.205. The lowest BCUT2D eigenvalue weighted by Crippen LogP contribution is -2.46. The quantitative estimate of drug-likeness (QED) is 0.860. The molecule has 0 spiro atoms. The molecule has 4 heteroatoms. The van der Waals surface area contributed by atoms with Gasteiger partial charge in [0.25, 0.3) is 5.91 Å². The van der Waals surface area contributed by atoms with Crippen molar-refractivity contribution < 1.29 is 9.53 Å². The van der Waals surface area contributed by atoms with Gasteiger partial charge in [0.15, 0.2) is 0 Å². The molecule has 0 aliphatic carbocycles. The number of amides is 1. The average Bonchev–Trinajstić information content (AvgIpc) is 3.03. The zero-order chi connectivity index (χ0) is 17.9. The first kappa shape index (κ1) is 18.0. The van der Waals surface area contributed by atoms with Gasteiger partial charge in [-0.3, -0.25) is 4.79 Å². The second kappa shape index (κ2) is 8.10. The van der Waals surface area contributed by atoms with Crippen molar-refractivity contribution in [1.29, 1.82) is 0 Å². The lowest BCUT2D eigenvalue weighted by atomic mass is 9.94. The van der Waals surface area contributed by atoms with Gasteiger partial charge >= 0.3 is 0 Å². The molecule has 0 saturated carbocycles. The highest BCUT2D eigenvalue weighted by Gasteiger charge is 2.34. The molecule has 3 aliphatic rings. The summed E-state index contributed by atoms with van der Waals surface area (Å²) in [6.07, 6.45) is 10.1. The number of piperidine rings is 1. The molecule has 1 N–H and O–H groups in total. The number of fused-ring (bicyclic) bond motifs is 1. The number of rotatable bonds is 5. The number of benzene rings is 1. The summed E-state index contributed by atoms with van der Waals surface area (Å²) in [4.78, 5) is 14.9. The first-order chi connectivity index (χ1) is 12.8. The van der Waals surface area contributed by atoms with Crippen LogP contribution in [0.1, 0.15) is 85.9 Å². The van der Waals surface area contributed by atoms with E-state index in [0.717, 1.165) is 44.5 Å². The van der Waals surface area contributed by atoms with Crippen LogP contribution in [0, 0.1) is 0 Å². The Kier molecular flexibility index (Phi) is 5.60. The Morgan fingerprint density at radius 3 is 2.96 bits per heavy atom. The van der Waals surface area contributed by atoms with Crippen molar-refractivity contribution in [2.75, 3.05) is 13.1 Å². The van der Waals surface area contributed by atoms with Crippen molar-refractivity contribution in [2.45, 2.75) is 83.1 Å². The van der Waals surface area contributed by atoms with Crippen molar-refractivity contribution >= 4 is 5.91 Å². The summed E-state index contributed by atoms with van der Waals surface area (Å²) in [6, 6.07) is 6.77. The van der Waals surface area contributed by atoms with Crippen LogP contribution in [0.4, 0.5) is 0 Å². The van der Waals surface area contributed by atoms with Gasteiger partial charge in [-0.05, 0) is 62.3 Å². The minimum Gasteiger partial charge on any atom is -0.370 e. The van der Waals surface area contributed by atoms with E-state index in [0.29, 0.717) is 12.1 Å². The summed E-state index contributed by atoms with van der Waals surface area (Å²) < 4.78 is 6.40. The van der Waals surface area contributed by atoms with Crippen LogP contribution in [0.25, 0.3) is 0 Å². The number of carbonyl (C=O) groups is 1. The number of ether oxygens (including phenoxy) is 1. The maximum Gasteiger partial charge on any atom is 0.254 e. The van der Waals surface area contributed by atoms with Crippen molar-refractivity contribution in [1.82, 2.24) is 10.2 Å². The SMILES string of the molecule is CCCCC1CCCC(c2ccc3c(c2)CN(C2CCCNC2)C3=O)O1. The van der Waals surface area contributed by atoms with E-state index in [2.05, 4.69) is 29.3 Å². The number of hydrogen-bond donors (Lipinski definition) is 1. The van der Waals surface area contributed by atoms with Gasteiger partial charge in [-0.25, -0.2) is 0 Å². The van der Waals surface area contributed by atoms with Gasteiger partial charge in [0.05, 0.1) is 12.2 Å². The maximum atomic E-state index is 12.8. The molecule has 3 aliphatic heterocycles. The third-order valence-electron chi connectivity index (χ3n) is 6.27. The number of nitrogens with one attached hydrogen (secondary N) is 1. The van der Waals surface area contributed by atoms with Crippen molar-refractivity contribution in [3.8, 4) is 0 Å².